The Labute approximate surface area is 156 Å². The van der Waals surface area contributed by atoms with E-state index in [4.69, 9.17) is 19.1 Å². The van der Waals surface area contributed by atoms with E-state index in [1.165, 1.54) is 6.08 Å². The van der Waals surface area contributed by atoms with Gasteiger partial charge in [0.2, 0.25) is 0 Å². The van der Waals surface area contributed by atoms with E-state index in [1.54, 1.807) is 24.3 Å². The summed E-state index contributed by atoms with van der Waals surface area (Å²) in [6.07, 6.45) is -4.69. The smallest absolute Gasteiger partial charge is 0.410 e. The molecular formula is C19H21N3O3. The van der Waals surface area contributed by atoms with Gasteiger partial charge in [0, 0.05) is 52.3 Å². The average Bonchev–Trinajstić information content (AvgIpc) is 3.15. The number of H-pyrrole nitrogens is 1. The number of ether oxygens (including phenoxy) is 2. The summed E-state index contributed by atoms with van der Waals surface area (Å²) in [5.74, 6) is 0.166. The molecule has 25 heavy (non-hydrogen) atoms. The highest BCUT2D eigenvalue weighted by Gasteiger charge is 2.46. The third-order valence-corrected chi connectivity index (χ3v) is 4.14. The largest absolute Gasteiger partial charge is 0.482 e. The zero-order valence-corrected chi connectivity index (χ0v) is 13.3. The fourth-order valence-corrected chi connectivity index (χ4v) is 2.98. The predicted molar refractivity (Wildman–Crippen MR) is 93.4 cm³/mol. The highest BCUT2D eigenvalue weighted by Crippen LogP contribution is 2.49. The minimum Gasteiger partial charge on any atom is -0.482 e. The molecule has 6 heteroatoms. The number of carbonyl (C=O) groups is 1. The number of nitrogens with zero attached hydrogens (tertiary/aromatic N) is 2. The van der Waals surface area contributed by atoms with Crippen molar-refractivity contribution >= 4 is 6.09 Å². The molecular weight excluding hydrogens is 318 g/mol. The van der Waals surface area contributed by atoms with Gasteiger partial charge in [0.25, 0.3) is 0 Å². The molecule has 0 atom stereocenters. The van der Waals surface area contributed by atoms with Crippen molar-refractivity contribution in [1.29, 1.82) is 0 Å². The quantitative estimate of drug-likeness (QED) is 0.847. The Morgan fingerprint density at radius 2 is 2.36 bits per heavy atom. The van der Waals surface area contributed by atoms with Crippen LogP contribution in [0.5, 0.6) is 5.75 Å². The molecule has 3 heterocycles. The molecule has 2 aliphatic rings. The fourth-order valence-electron chi connectivity index (χ4n) is 2.98. The second-order valence-corrected chi connectivity index (χ2v) is 5.68. The molecule has 1 fully saturated rings. The van der Waals surface area contributed by atoms with Crippen LogP contribution >= 0.6 is 0 Å². The maximum atomic E-state index is 12.4. The van der Waals surface area contributed by atoms with Gasteiger partial charge in [0.15, 0.2) is 0 Å². The third kappa shape index (κ3) is 2.49. The molecule has 0 saturated carbocycles. The Bertz CT molecular complexity index is 1060. The molecule has 4 rings (SSSR count). The molecule has 6 nitrogen and oxygen atoms in total. The minimum atomic E-state index is -2.74. The van der Waals surface area contributed by atoms with Gasteiger partial charge < -0.3 is 14.4 Å². The van der Waals surface area contributed by atoms with Gasteiger partial charge in [-0.2, -0.15) is 5.10 Å². The van der Waals surface area contributed by atoms with Crippen LogP contribution in [0.3, 0.4) is 0 Å². The number of carbonyl (C=O) groups excluding carboxylic acids is 1. The average molecular weight is 346 g/mol. The molecule has 1 aromatic heterocycles. The number of amides is 1. The number of aromatic amines is 1. The number of fused-ring (bicyclic) bond motifs is 4. The van der Waals surface area contributed by atoms with E-state index in [-0.39, 0.29) is 23.6 Å². The Balaban J connectivity index is 1.94. The highest BCUT2D eigenvalue weighted by molar-refractivity contribution is 5.74. The number of benzene rings is 1. The summed E-state index contributed by atoms with van der Waals surface area (Å²) in [6.45, 7) is -0.587. The van der Waals surface area contributed by atoms with E-state index in [1.807, 2.05) is 0 Å². The Hall–Kier alpha value is -2.76. The van der Waals surface area contributed by atoms with Crippen LogP contribution in [0.1, 0.15) is 33.6 Å². The fraction of sp³-hybridized carbons (Fsp3) is 0.368. The standard InChI is InChI=1S/C19H21N3O3/c1-3-12-24-18(23)22-10-8-19(9-11-22)16-13(2)20-21-17(16)14-6-4-5-7-15(14)25-19/h3-7H,1,8-12H2,2H3,(H,20,21)/i2D3,8D2,9D2. The zero-order valence-electron chi connectivity index (χ0n) is 20.3. The Morgan fingerprint density at radius 3 is 3.12 bits per heavy atom. The zero-order chi connectivity index (χ0) is 23.5. The molecule has 1 aromatic carbocycles. The van der Waals surface area contributed by atoms with Gasteiger partial charge in [-0.3, -0.25) is 5.10 Å². The molecule has 0 bridgehead atoms. The summed E-state index contributed by atoms with van der Waals surface area (Å²) < 4.78 is 70.2. The maximum absolute atomic E-state index is 12.4. The summed E-state index contributed by atoms with van der Waals surface area (Å²) in [4.78, 5) is 13.3. The van der Waals surface area contributed by atoms with Crippen molar-refractivity contribution in [1.82, 2.24) is 15.1 Å². The molecule has 0 unspecified atom stereocenters. The van der Waals surface area contributed by atoms with Gasteiger partial charge in [0.05, 0.1) is 0 Å². The first-order valence-corrected chi connectivity index (χ1v) is 7.76. The second-order valence-electron chi connectivity index (χ2n) is 5.68. The first-order chi connectivity index (χ1) is 14.9. The van der Waals surface area contributed by atoms with Crippen LogP contribution in [0.25, 0.3) is 11.3 Å². The van der Waals surface area contributed by atoms with Gasteiger partial charge in [-0.25, -0.2) is 4.79 Å². The SMILES string of the molecule is [2H]C([2H])([2H])c1[nH]nc2c1C1(Oc3ccccc3-2)C([2H])([2H])CN(C(=O)OCC=C)CC1([2H])[2H]. The molecule has 0 radical (unpaired) electrons. The van der Waals surface area contributed by atoms with E-state index in [9.17, 15) is 4.79 Å². The second kappa shape index (κ2) is 5.95. The number of aromatic nitrogens is 2. The van der Waals surface area contributed by atoms with Crippen molar-refractivity contribution in [2.75, 3.05) is 19.7 Å². The summed E-state index contributed by atoms with van der Waals surface area (Å²) in [6, 6.07) is 6.51. The number of likely N-dealkylation sites (tertiary alicyclic amines) is 1. The van der Waals surface area contributed by atoms with Crippen LogP contribution < -0.4 is 4.74 Å². The number of rotatable bonds is 2. The predicted octanol–water partition coefficient (Wildman–Crippen LogP) is 3.39. The molecule has 0 aliphatic carbocycles. The lowest BCUT2D eigenvalue weighted by Crippen LogP contribution is -2.49. The van der Waals surface area contributed by atoms with Gasteiger partial charge in [-0.15, -0.1) is 0 Å². The number of aryl methyl sites for hydroxylation is 1. The minimum absolute atomic E-state index is 0.105. The van der Waals surface area contributed by atoms with Crippen LogP contribution in [-0.2, 0) is 10.3 Å². The molecule has 1 amide bonds. The number of para-hydroxylation sites is 1. The van der Waals surface area contributed by atoms with Crippen molar-refractivity contribution in [2.45, 2.75) is 25.2 Å². The van der Waals surface area contributed by atoms with E-state index in [2.05, 4.69) is 16.8 Å². The number of piperidine rings is 1. The Morgan fingerprint density at radius 1 is 1.56 bits per heavy atom. The normalized spacial score (nSPS) is 26.1. The summed E-state index contributed by atoms with van der Waals surface area (Å²) >= 11 is 0. The molecule has 2 aliphatic heterocycles. The molecule has 1 saturated heterocycles. The van der Waals surface area contributed by atoms with Crippen LogP contribution in [0.4, 0.5) is 4.79 Å². The van der Waals surface area contributed by atoms with Crippen molar-refractivity contribution < 1.29 is 23.9 Å². The lowest BCUT2D eigenvalue weighted by atomic mass is 9.79. The highest BCUT2D eigenvalue weighted by atomic mass is 16.6. The van der Waals surface area contributed by atoms with E-state index >= 15 is 0 Å². The van der Waals surface area contributed by atoms with Crippen LogP contribution in [0.15, 0.2) is 36.9 Å². The van der Waals surface area contributed by atoms with E-state index < -0.39 is 50.1 Å². The number of nitrogens with one attached hydrogen (secondary N) is 1. The molecule has 1 N–H and O–H groups in total. The summed E-state index contributed by atoms with van der Waals surface area (Å²) in [5.41, 5.74) is -2.48. The lowest BCUT2D eigenvalue weighted by molar-refractivity contribution is -0.00472. The van der Waals surface area contributed by atoms with Crippen LogP contribution in [0.2, 0.25) is 0 Å². The molecule has 1 spiro atoms. The third-order valence-electron chi connectivity index (χ3n) is 4.14. The van der Waals surface area contributed by atoms with Gasteiger partial charge in [-0.05, 0) is 19.0 Å². The van der Waals surface area contributed by atoms with E-state index in [0.29, 0.717) is 5.56 Å². The van der Waals surface area contributed by atoms with Gasteiger partial charge in [0.1, 0.15) is 23.7 Å². The van der Waals surface area contributed by atoms with Crippen molar-refractivity contribution in [3.8, 4) is 17.0 Å². The monoisotopic (exact) mass is 346 g/mol. The topological polar surface area (TPSA) is 67.5 Å². The van der Waals surface area contributed by atoms with Crippen molar-refractivity contribution in [3.05, 3.63) is 48.2 Å². The lowest BCUT2D eigenvalue weighted by Gasteiger charge is -2.44. The van der Waals surface area contributed by atoms with Crippen molar-refractivity contribution in [3.63, 3.8) is 0 Å². The van der Waals surface area contributed by atoms with Crippen LogP contribution in [0, 0.1) is 6.85 Å². The van der Waals surface area contributed by atoms with Gasteiger partial charge >= 0.3 is 6.09 Å². The van der Waals surface area contributed by atoms with E-state index in [0.717, 1.165) is 4.90 Å². The first kappa shape index (κ1) is 9.65. The maximum Gasteiger partial charge on any atom is 0.410 e. The molecule has 2 aromatic rings. The summed E-state index contributed by atoms with van der Waals surface area (Å²) in [5, 5.41) is 6.59. The number of hydrogen-bond acceptors (Lipinski definition) is 4. The number of hydrogen-bond donors (Lipinski definition) is 1. The van der Waals surface area contributed by atoms with Gasteiger partial charge in [-0.1, -0.05) is 24.8 Å². The first-order valence-electron chi connectivity index (χ1n) is 11.3. The van der Waals surface area contributed by atoms with Crippen LogP contribution in [-0.4, -0.2) is 40.9 Å². The Kier molecular flexibility index (Phi) is 2.30. The van der Waals surface area contributed by atoms with Crippen molar-refractivity contribution in [2.24, 2.45) is 0 Å². The summed E-state index contributed by atoms with van der Waals surface area (Å²) in [7, 11) is 0. The molecule has 130 valence electrons.